The van der Waals surface area contributed by atoms with Crippen LogP contribution >= 0.6 is 0 Å². The highest BCUT2D eigenvalue weighted by atomic mass is 15.2. The van der Waals surface area contributed by atoms with Crippen LogP contribution in [0.4, 0.5) is 5.82 Å². The molecule has 2 aliphatic rings. The molecule has 0 radical (unpaired) electrons. The normalized spacial score (nSPS) is 35.1. The van der Waals surface area contributed by atoms with E-state index < -0.39 is 0 Å². The first-order valence-electron chi connectivity index (χ1n) is 5.60. The predicted molar refractivity (Wildman–Crippen MR) is 56.3 cm³/mol. The number of rotatable bonds is 2. The third kappa shape index (κ3) is 1.15. The minimum absolute atomic E-state index is 0.767. The molecule has 2 bridgehead atoms. The molecule has 3 rings (SSSR count). The summed E-state index contributed by atoms with van der Waals surface area (Å²) in [5.74, 6) is 3.68. The van der Waals surface area contributed by atoms with Gasteiger partial charge >= 0.3 is 0 Å². The molecule has 1 aromatic heterocycles. The summed E-state index contributed by atoms with van der Waals surface area (Å²) in [6.45, 7) is 0. The van der Waals surface area contributed by atoms with Gasteiger partial charge in [0.2, 0.25) is 0 Å². The average Bonchev–Trinajstić information content (AvgIpc) is 2.93. The summed E-state index contributed by atoms with van der Waals surface area (Å²) < 4.78 is 0. The van der Waals surface area contributed by atoms with Crippen molar-refractivity contribution in [3.63, 3.8) is 0 Å². The third-order valence-electron chi connectivity index (χ3n) is 3.99. The number of H-pyrrole nitrogens is 1. The second-order valence-electron chi connectivity index (χ2n) is 4.74. The van der Waals surface area contributed by atoms with Crippen LogP contribution in [0.1, 0.15) is 37.3 Å². The summed E-state index contributed by atoms with van der Waals surface area (Å²) in [4.78, 5) is 0. The number of fused-ring (bicyclic) bond motifs is 2. The Bertz CT molecular complexity index is 331. The van der Waals surface area contributed by atoms with Crippen molar-refractivity contribution in [2.75, 3.05) is 12.4 Å². The van der Waals surface area contributed by atoms with Gasteiger partial charge in [-0.15, -0.1) is 0 Å². The Balaban J connectivity index is 1.82. The van der Waals surface area contributed by atoms with Gasteiger partial charge in [-0.25, -0.2) is 0 Å². The number of nitrogens with one attached hydrogen (secondary N) is 2. The van der Waals surface area contributed by atoms with Crippen molar-refractivity contribution in [3.05, 3.63) is 11.8 Å². The van der Waals surface area contributed by atoms with Gasteiger partial charge in [0, 0.05) is 24.7 Å². The molecular weight excluding hydrogens is 174 g/mol. The Morgan fingerprint density at radius 3 is 2.93 bits per heavy atom. The molecule has 0 amide bonds. The Morgan fingerprint density at radius 1 is 1.43 bits per heavy atom. The summed E-state index contributed by atoms with van der Waals surface area (Å²) in [7, 11) is 1.92. The van der Waals surface area contributed by atoms with E-state index in [1.807, 2.05) is 7.05 Å². The number of hydrogen-bond donors (Lipinski definition) is 2. The lowest BCUT2D eigenvalue weighted by atomic mass is 9.86. The second-order valence-corrected chi connectivity index (χ2v) is 4.74. The predicted octanol–water partition coefficient (Wildman–Crippen LogP) is 2.35. The summed E-state index contributed by atoms with van der Waals surface area (Å²) in [6, 6.07) is 2.17. The molecule has 2 N–H and O–H groups in total. The molecule has 0 aromatic carbocycles. The van der Waals surface area contributed by atoms with Crippen LogP contribution in [-0.2, 0) is 0 Å². The van der Waals surface area contributed by atoms with E-state index in [0.29, 0.717) is 0 Å². The molecule has 2 fully saturated rings. The number of hydrogen-bond acceptors (Lipinski definition) is 2. The lowest BCUT2D eigenvalue weighted by Gasteiger charge is -2.19. The maximum absolute atomic E-state index is 4.23. The van der Waals surface area contributed by atoms with Crippen molar-refractivity contribution in [1.29, 1.82) is 0 Å². The van der Waals surface area contributed by atoms with Crippen LogP contribution in [0, 0.1) is 11.8 Å². The first-order chi connectivity index (χ1) is 6.86. The highest BCUT2D eigenvalue weighted by Crippen LogP contribution is 2.52. The van der Waals surface area contributed by atoms with Crippen molar-refractivity contribution >= 4 is 5.82 Å². The fourth-order valence-corrected chi connectivity index (χ4v) is 3.28. The summed E-state index contributed by atoms with van der Waals surface area (Å²) in [5, 5.41) is 10.5. The molecule has 3 heteroatoms. The SMILES string of the molecule is CNc1cc(C2CC3CCC2C3)[nH]n1. The summed E-state index contributed by atoms with van der Waals surface area (Å²) >= 11 is 0. The van der Waals surface area contributed by atoms with E-state index >= 15 is 0 Å². The molecule has 14 heavy (non-hydrogen) atoms. The maximum atomic E-state index is 4.23. The molecule has 76 valence electrons. The van der Waals surface area contributed by atoms with Gasteiger partial charge in [0.25, 0.3) is 0 Å². The standard InChI is InChI=1S/C11H17N3/c1-12-11-6-10(13-14-11)9-5-7-2-3-8(9)4-7/h6-9H,2-5H2,1H3,(H2,12,13,14). The molecule has 0 aliphatic heterocycles. The topological polar surface area (TPSA) is 40.7 Å². The number of aromatic nitrogens is 2. The van der Waals surface area contributed by atoms with E-state index in [4.69, 9.17) is 0 Å². The molecule has 3 atom stereocenters. The van der Waals surface area contributed by atoms with Crippen molar-refractivity contribution in [3.8, 4) is 0 Å². The molecule has 2 aliphatic carbocycles. The van der Waals surface area contributed by atoms with Crippen molar-refractivity contribution in [2.45, 2.75) is 31.6 Å². The van der Waals surface area contributed by atoms with Gasteiger partial charge in [0.1, 0.15) is 5.82 Å². The molecule has 3 nitrogen and oxygen atoms in total. The second kappa shape index (κ2) is 3.01. The fourth-order valence-electron chi connectivity index (χ4n) is 3.28. The van der Waals surface area contributed by atoms with Gasteiger partial charge in [0.05, 0.1) is 0 Å². The smallest absolute Gasteiger partial charge is 0.147 e. The van der Waals surface area contributed by atoms with Gasteiger partial charge in [-0.05, 0) is 31.1 Å². The van der Waals surface area contributed by atoms with Gasteiger partial charge in [-0.3, -0.25) is 5.10 Å². The van der Waals surface area contributed by atoms with Crippen molar-refractivity contribution in [2.24, 2.45) is 11.8 Å². The zero-order chi connectivity index (χ0) is 9.54. The van der Waals surface area contributed by atoms with Crippen molar-refractivity contribution < 1.29 is 0 Å². The van der Waals surface area contributed by atoms with Crippen LogP contribution in [-0.4, -0.2) is 17.2 Å². The van der Waals surface area contributed by atoms with Crippen molar-refractivity contribution in [1.82, 2.24) is 10.2 Å². The quantitative estimate of drug-likeness (QED) is 0.753. The zero-order valence-electron chi connectivity index (χ0n) is 8.59. The van der Waals surface area contributed by atoms with Gasteiger partial charge in [0.15, 0.2) is 0 Å². The van der Waals surface area contributed by atoms with E-state index in [1.54, 1.807) is 0 Å². The van der Waals surface area contributed by atoms with E-state index in [1.165, 1.54) is 31.4 Å². The van der Waals surface area contributed by atoms with E-state index in [0.717, 1.165) is 23.6 Å². The Kier molecular flexibility index (Phi) is 1.79. The van der Waals surface area contributed by atoms with Gasteiger partial charge in [-0.2, -0.15) is 5.10 Å². The van der Waals surface area contributed by atoms with Crippen LogP contribution in [0.5, 0.6) is 0 Å². The molecular formula is C11H17N3. The lowest BCUT2D eigenvalue weighted by Crippen LogP contribution is -2.08. The molecule has 1 heterocycles. The Morgan fingerprint density at radius 2 is 2.36 bits per heavy atom. The first-order valence-corrected chi connectivity index (χ1v) is 5.60. The molecule has 0 saturated heterocycles. The maximum Gasteiger partial charge on any atom is 0.147 e. The zero-order valence-corrected chi connectivity index (χ0v) is 8.59. The Labute approximate surface area is 84.3 Å². The van der Waals surface area contributed by atoms with Crippen LogP contribution in [0.25, 0.3) is 0 Å². The van der Waals surface area contributed by atoms with Crippen LogP contribution in [0.15, 0.2) is 6.07 Å². The van der Waals surface area contributed by atoms with Crippen LogP contribution in [0.2, 0.25) is 0 Å². The molecule has 3 unspecified atom stereocenters. The average molecular weight is 191 g/mol. The van der Waals surface area contributed by atoms with E-state index in [-0.39, 0.29) is 0 Å². The number of anilines is 1. The Hall–Kier alpha value is -0.990. The van der Waals surface area contributed by atoms with Crippen LogP contribution in [0.3, 0.4) is 0 Å². The van der Waals surface area contributed by atoms with Gasteiger partial charge in [-0.1, -0.05) is 6.42 Å². The molecule has 2 saturated carbocycles. The fraction of sp³-hybridized carbons (Fsp3) is 0.727. The largest absolute Gasteiger partial charge is 0.372 e. The number of aromatic amines is 1. The number of nitrogens with zero attached hydrogens (tertiary/aromatic N) is 1. The lowest BCUT2D eigenvalue weighted by molar-refractivity contribution is 0.413. The summed E-state index contributed by atoms with van der Waals surface area (Å²) in [6.07, 6.45) is 5.74. The van der Waals surface area contributed by atoms with E-state index in [9.17, 15) is 0 Å². The van der Waals surface area contributed by atoms with E-state index in [2.05, 4.69) is 21.6 Å². The highest BCUT2D eigenvalue weighted by molar-refractivity contribution is 5.36. The first kappa shape index (κ1) is 8.33. The van der Waals surface area contributed by atoms with Crippen LogP contribution < -0.4 is 5.32 Å². The monoisotopic (exact) mass is 191 g/mol. The van der Waals surface area contributed by atoms with Gasteiger partial charge < -0.3 is 5.32 Å². The highest BCUT2D eigenvalue weighted by Gasteiger charge is 2.40. The molecule has 1 aromatic rings. The minimum Gasteiger partial charge on any atom is -0.372 e. The molecule has 0 spiro atoms. The third-order valence-corrected chi connectivity index (χ3v) is 3.99. The summed E-state index contributed by atoms with van der Waals surface area (Å²) in [5.41, 5.74) is 1.35. The minimum atomic E-state index is 0.767.